The molecule has 98 valence electrons. The molecular formula is C14H18FNO2. The number of benzene rings is 1. The van der Waals surface area contributed by atoms with Gasteiger partial charge in [-0.05, 0) is 31.0 Å². The quantitative estimate of drug-likeness (QED) is 0.888. The molecule has 2 rings (SSSR count). The van der Waals surface area contributed by atoms with Crippen LogP contribution in [0.3, 0.4) is 0 Å². The molecule has 3 nitrogen and oxygen atoms in total. The highest BCUT2D eigenvalue weighted by atomic mass is 19.1. The zero-order chi connectivity index (χ0) is 13.1. The average molecular weight is 251 g/mol. The van der Waals surface area contributed by atoms with Gasteiger partial charge in [-0.2, -0.15) is 0 Å². The van der Waals surface area contributed by atoms with Crippen LogP contribution in [0.15, 0.2) is 24.3 Å². The van der Waals surface area contributed by atoms with Crippen molar-refractivity contribution in [3.8, 4) is 5.75 Å². The number of halogens is 1. The summed E-state index contributed by atoms with van der Waals surface area (Å²) in [5.74, 6) is 0.253. The predicted molar refractivity (Wildman–Crippen MR) is 67.3 cm³/mol. The van der Waals surface area contributed by atoms with Gasteiger partial charge < -0.3 is 10.1 Å². The average Bonchev–Trinajstić information content (AvgIpc) is 2.72. The number of carbonyl (C=O) groups is 1. The van der Waals surface area contributed by atoms with Gasteiger partial charge in [0.1, 0.15) is 11.9 Å². The Morgan fingerprint density at radius 2 is 2.11 bits per heavy atom. The molecule has 0 spiro atoms. The third-order valence-corrected chi connectivity index (χ3v) is 3.57. The minimum atomic E-state index is -0.966. The molecular weight excluding hydrogens is 233 g/mol. The lowest BCUT2D eigenvalue weighted by Crippen LogP contribution is -2.25. The van der Waals surface area contributed by atoms with Crippen LogP contribution in [0.1, 0.15) is 12.5 Å². The van der Waals surface area contributed by atoms with Crippen molar-refractivity contribution < 1.29 is 13.9 Å². The number of methoxy groups -OCH3 is 1. The van der Waals surface area contributed by atoms with E-state index in [0.717, 1.165) is 11.3 Å². The number of alkyl halides is 1. The Bertz CT molecular complexity index is 416. The Kier molecular flexibility index (Phi) is 3.84. The summed E-state index contributed by atoms with van der Waals surface area (Å²) in [6, 6.07) is 7.56. The van der Waals surface area contributed by atoms with E-state index in [1.165, 1.54) is 6.92 Å². The number of carbonyl (C=O) groups excluding carboxylic acids is 1. The van der Waals surface area contributed by atoms with Gasteiger partial charge in [0, 0.05) is 18.4 Å². The van der Waals surface area contributed by atoms with Crippen LogP contribution in [-0.4, -0.2) is 25.7 Å². The Labute approximate surface area is 106 Å². The molecule has 1 aromatic carbocycles. The second kappa shape index (κ2) is 5.38. The summed E-state index contributed by atoms with van der Waals surface area (Å²) in [5, 5.41) is 2.74. The maximum absolute atomic E-state index is 13.4. The zero-order valence-corrected chi connectivity index (χ0v) is 10.7. The second-order valence-corrected chi connectivity index (χ2v) is 4.75. The van der Waals surface area contributed by atoms with Crippen molar-refractivity contribution in [3.63, 3.8) is 0 Å². The van der Waals surface area contributed by atoms with Gasteiger partial charge in [0.25, 0.3) is 0 Å². The first-order valence-corrected chi connectivity index (χ1v) is 6.16. The highest BCUT2D eigenvalue weighted by molar-refractivity contribution is 5.81. The molecule has 4 heteroatoms. The smallest absolute Gasteiger partial charge is 0.223 e. The molecule has 0 saturated carbocycles. The Balaban J connectivity index is 2.08. The van der Waals surface area contributed by atoms with Crippen molar-refractivity contribution >= 4 is 5.91 Å². The van der Waals surface area contributed by atoms with E-state index in [1.54, 1.807) is 7.11 Å². The van der Waals surface area contributed by atoms with Gasteiger partial charge in [-0.25, -0.2) is 4.39 Å². The van der Waals surface area contributed by atoms with Gasteiger partial charge in [-0.1, -0.05) is 12.1 Å². The van der Waals surface area contributed by atoms with E-state index >= 15 is 0 Å². The van der Waals surface area contributed by atoms with Crippen LogP contribution < -0.4 is 10.1 Å². The first-order chi connectivity index (χ1) is 8.61. The fraction of sp³-hybridized carbons (Fsp3) is 0.500. The standard InChI is InChI=1S/C14H18FNO2/c1-9(15)13-8-16-14(17)12(13)7-10-3-5-11(18-2)6-4-10/h3-6,9,12-13H,7-8H2,1-2H3,(H,16,17)/t9-,12+,13?/m0/s1. The van der Waals surface area contributed by atoms with Gasteiger partial charge in [0.2, 0.25) is 5.91 Å². The van der Waals surface area contributed by atoms with Crippen LogP contribution in [0.5, 0.6) is 5.75 Å². The van der Waals surface area contributed by atoms with E-state index in [4.69, 9.17) is 4.74 Å². The van der Waals surface area contributed by atoms with Crippen LogP contribution >= 0.6 is 0 Å². The zero-order valence-electron chi connectivity index (χ0n) is 10.7. The number of nitrogens with one attached hydrogen (secondary N) is 1. The molecule has 1 heterocycles. The normalized spacial score (nSPS) is 24.7. The summed E-state index contributed by atoms with van der Waals surface area (Å²) in [4.78, 5) is 11.7. The highest BCUT2D eigenvalue weighted by Gasteiger charge is 2.37. The van der Waals surface area contributed by atoms with Crippen LogP contribution in [0.4, 0.5) is 4.39 Å². The molecule has 18 heavy (non-hydrogen) atoms. The molecule has 1 aliphatic heterocycles. The maximum Gasteiger partial charge on any atom is 0.223 e. The molecule has 1 N–H and O–H groups in total. The Hall–Kier alpha value is -1.58. The van der Waals surface area contributed by atoms with Crippen molar-refractivity contribution in [2.75, 3.05) is 13.7 Å². The summed E-state index contributed by atoms with van der Waals surface area (Å²) >= 11 is 0. The Morgan fingerprint density at radius 1 is 1.44 bits per heavy atom. The minimum absolute atomic E-state index is 0.0414. The Morgan fingerprint density at radius 3 is 2.67 bits per heavy atom. The summed E-state index contributed by atoms with van der Waals surface area (Å²) in [6.45, 7) is 1.96. The third-order valence-electron chi connectivity index (χ3n) is 3.57. The summed E-state index contributed by atoms with van der Waals surface area (Å²) in [6.07, 6.45) is -0.387. The van der Waals surface area contributed by atoms with E-state index in [9.17, 15) is 9.18 Å². The molecule has 1 amide bonds. The summed E-state index contributed by atoms with van der Waals surface area (Å²) in [5.41, 5.74) is 1.03. The fourth-order valence-corrected chi connectivity index (χ4v) is 2.43. The van der Waals surface area contributed by atoms with Crippen molar-refractivity contribution in [2.24, 2.45) is 11.8 Å². The van der Waals surface area contributed by atoms with E-state index in [1.807, 2.05) is 24.3 Å². The lowest BCUT2D eigenvalue weighted by atomic mass is 9.86. The van der Waals surface area contributed by atoms with Gasteiger partial charge in [-0.15, -0.1) is 0 Å². The molecule has 3 atom stereocenters. The third kappa shape index (κ3) is 2.63. The number of hydrogen-bond acceptors (Lipinski definition) is 2. The number of ether oxygens (including phenoxy) is 1. The largest absolute Gasteiger partial charge is 0.497 e. The number of hydrogen-bond donors (Lipinski definition) is 1. The molecule has 0 bridgehead atoms. The summed E-state index contributed by atoms with van der Waals surface area (Å²) in [7, 11) is 1.61. The first kappa shape index (κ1) is 12.9. The predicted octanol–water partition coefficient (Wildman–Crippen LogP) is 1.96. The van der Waals surface area contributed by atoms with E-state index < -0.39 is 6.17 Å². The summed E-state index contributed by atoms with van der Waals surface area (Å²) < 4.78 is 18.5. The molecule has 0 aliphatic carbocycles. The first-order valence-electron chi connectivity index (χ1n) is 6.16. The number of rotatable bonds is 4. The van der Waals surface area contributed by atoms with Crippen LogP contribution in [0.25, 0.3) is 0 Å². The van der Waals surface area contributed by atoms with Gasteiger partial charge in [0.05, 0.1) is 7.11 Å². The molecule has 1 saturated heterocycles. The number of amides is 1. The lowest BCUT2D eigenvalue weighted by Gasteiger charge is -2.17. The minimum Gasteiger partial charge on any atom is -0.497 e. The van der Waals surface area contributed by atoms with Crippen LogP contribution in [-0.2, 0) is 11.2 Å². The maximum atomic E-state index is 13.4. The van der Waals surface area contributed by atoms with Crippen molar-refractivity contribution in [1.82, 2.24) is 5.32 Å². The molecule has 1 aromatic rings. The van der Waals surface area contributed by atoms with Gasteiger partial charge in [-0.3, -0.25) is 4.79 Å². The second-order valence-electron chi connectivity index (χ2n) is 4.75. The molecule has 1 aliphatic rings. The van der Waals surface area contributed by atoms with Crippen molar-refractivity contribution in [1.29, 1.82) is 0 Å². The van der Waals surface area contributed by atoms with Crippen LogP contribution in [0, 0.1) is 11.8 Å². The van der Waals surface area contributed by atoms with Gasteiger partial charge >= 0.3 is 0 Å². The molecule has 1 unspecified atom stereocenters. The molecule has 1 fully saturated rings. The van der Waals surface area contributed by atoms with E-state index in [0.29, 0.717) is 13.0 Å². The molecule has 0 radical (unpaired) electrons. The highest BCUT2D eigenvalue weighted by Crippen LogP contribution is 2.27. The monoisotopic (exact) mass is 251 g/mol. The van der Waals surface area contributed by atoms with E-state index in [2.05, 4.69) is 5.32 Å². The lowest BCUT2D eigenvalue weighted by molar-refractivity contribution is -0.123. The van der Waals surface area contributed by atoms with Crippen molar-refractivity contribution in [2.45, 2.75) is 19.5 Å². The molecule has 0 aromatic heterocycles. The van der Waals surface area contributed by atoms with E-state index in [-0.39, 0.29) is 17.7 Å². The van der Waals surface area contributed by atoms with Crippen LogP contribution in [0.2, 0.25) is 0 Å². The SMILES string of the molecule is COc1ccc(C[C@H]2C(=O)NCC2[C@H](C)F)cc1. The van der Waals surface area contributed by atoms with Crippen molar-refractivity contribution in [3.05, 3.63) is 29.8 Å². The fourth-order valence-electron chi connectivity index (χ4n) is 2.43. The van der Waals surface area contributed by atoms with Gasteiger partial charge in [0.15, 0.2) is 0 Å². The topological polar surface area (TPSA) is 38.3 Å².